The van der Waals surface area contributed by atoms with Gasteiger partial charge in [-0.15, -0.1) is 6.58 Å². The van der Waals surface area contributed by atoms with E-state index in [9.17, 15) is 4.79 Å². The fraction of sp³-hybridized carbons (Fsp3) is 0.312. The zero-order valence-corrected chi connectivity index (χ0v) is 13.4. The maximum Gasteiger partial charge on any atom is 0.227 e. The van der Waals surface area contributed by atoms with Gasteiger partial charge in [-0.05, 0) is 43.3 Å². The first-order chi connectivity index (χ1) is 10.6. The van der Waals surface area contributed by atoms with Gasteiger partial charge in [0.25, 0.3) is 0 Å². The molecule has 1 aromatic rings. The molecule has 1 aromatic carbocycles. The molecule has 2 rings (SSSR count). The molecule has 22 heavy (non-hydrogen) atoms. The lowest BCUT2D eigenvalue weighted by molar-refractivity contribution is -0.117. The van der Waals surface area contributed by atoms with Crippen molar-refractivity contribution in [3.05, 3.63) is 42.5 Å². The Bertz CT molecular complexity index is 612. The summed E-state index contributed by atoms with van der Waals surface area (Å²) in [6.45, 7) is 6.88. The molecule has 0 atom stereocenters. The van der Waals surface area contributed by atoms with Crippen molar-refractivity contribution in [1.29, 1.82) is 0 Å². The molecular formula is C16H20N4OS. The summed E-state index contributed by atoms with van der Waals surface area (Å²) in [5.41, 5.74) is 5.47. The Balaban J connectivity index is 2.06. The lowest BCUT2D eigenvalue weighted by Gasteiger charge is -2.16. The second kappa shape index (κ2) is 7.70. The second-order valence-corrected chi connectivity index (χ2v) is 5.42. The van der Waals surface area contributed by atoms with E-state index in [1.165, 1.54) is 0 Å². The van der Waals surface area contributed by atoms with Gasteiger partial charge in [0.05, 0.1) is 5.71 Å². The molecule has 0 saturated carbocycles. The SMILES string of the molecule is C=CCNC(=S)N/N=C(/C)c1cccc(N2CCCC2=O)c1. The number of hydrogen-bond acceptors (Lipinski definition) is 3. The predicted molar refractivity (Wildman–Crippen MR) is 94.2 cm³/mol. The number of rotatable bonds is 5. The highest BCUT2D eigenvalue weighted by Crippen LogP contribution is 2.22. The number of carbonyl (C=O) groups is 1. The molecule has 0 radical (unpaired) electrons. The maximum absolute atomic E-state index is 11.8. The quantitative estimate of drug-likeness (QED) is 0.378. The van der Waals surface area contributed by atoms with Crippen molar-refractivity contribution in [1.82, 2.24) is 10.7 Å². The number of benzene rings is 1. The molecule has 0 aromatic heterocycles. The molecule has 116 valence electrons. The minimum Gasteiger partial charge on any atom is -0.358 e. The summed E-state index contributed by atoms with van der Waals surface area (Å²) < 4.78 is 0. The first-order valence-electron chi connectivity index (χ1n) is 7.21. The monoisotopic (exact) mass is 316 g/mol. The van der Waals surface area contributed by atoms with E-state index in [1.807, 2.05) is 36.1 Å². The molecule has 1 saturated heterocycles. The van der Waals surface area contributed by atoms with Crippen molar-refractivity contribution in [2.45, 2.75) is 19.8 Å². The average molecular weight is 316 g/mol. The predicted octanol–water partition coefficient (Wildman–Crippen LogP) is 2.19. The van der Waals surface area contributed by atoms with E-state index >= 15 is 0 Å². The van der Waals surface area contributed by atoms with Crippen LogP contribution in [-0.2, 0) is 4.79 Å². The van der Waals surface area contributed by atoms with E-state index in [0.717, 1.165) is 29.9 Å². The zero-order chi connectivity index (χ0) is 15.9. The third-order valence-corrected chi connectivity index (χ3v) is 3.62. The van der Waals surface area contributed by atoms with Crippen LogP contribution in [0, 0.1) is 0 Å². The first kappa shape index (κ1) is 16.2. The number of hydrogen-bond donors (Lipinski definition) is 2. The van der Waals surface area contributed by atoms with Crippen LogP contribution in [0.15, 0.2) is 42.0 Å². The van der Waals surface area contributed by atoms with Gasteiger partial charge in [0, 0.05) is 25.2 Å². The number of thiocarbonyl (C=S) groups is 1. The van der Waals surface area contributed by atoms with Crippen LogP contribution in [0.2, 0.25) is 0 Å². The van der Waals surface area contributed by atoms with E-state index in [2.05, 4.69) is 22.4 Å². The summed E-state index contributed by atoms with van der Waals surface area (Å²) in [4.78, 5) is 13.6. The van der Waals surface area contributed by atoms with Crippen LogP contribution >= 0.6 is 12.2 Å². The summed E-state index contributed by atoms with van der Waals surface area (Å²) in [7, 11) is 0. The largest absolute Gasteiger partial charge is 0.358 e. The van der Waals surface area contributed by atoms with Crippen LogP contribution in [0.5, 0.6) is 0 Å². The van der Waals surface area contributed by atoms with Crippen molar-refractivity contribution in [3.8, 4) is 0 Å². The van der Waals surface area contributed by atoms with Crippen molar-refractivity contribution in [3.63, 3.8) is 0 Å². The van der Waals surface area contributed by atoms with Gasteiger partial charge in [-0.3, -0.25) is 10.2 Å². The number of anilines is 1. The van der Waals surface area contributed by atoms with Crippen LogP contribution < -0.4 is 15.6 Å². The van der Waals surface area contributed by atoms with E-state index in [-0.39, 0.29) is 5.91 Å². The highest BCUT2D eigenvalue weighted by molar-refractivity contribution is 7.80. The maximum atomic E-state index is 11.8. The molecular weight excluding hydrogens is 296 g/mol. The molecule has 0 spiro atoms. The number of amides is 1. The van der Waals surface area contributed by atoms with E-state index in [4.69, 9.17) is 12.2 Å². The summed E-state index contributed by atoms with van der Waals surface area (Å²) in [5.74, 6) is 0.180. The smallest absolute Gasteiger partial charge is 0.227 e. The summed E-state index contributed by atoms with van der Waals surface area (Å²) >= 11 is 5.09. The molecule has 1 aliphatic rings. The van der Waals surface area contributed by atoms with E-state index in [0.29, 0.717) is 18.1 Å². The lowest BCUT2D eigenvalue weighted by Crippen LogP contribution is -2.32. The molecule has 5 nitrogen and oxygen atoms in total. The van der Waals surface area contributed by atoms with Crippen molar-refractivity contribution < 1.29 is 4.79 Å². The Morgan fingerprint density at radius 3 is 3.05 bits per heavy atom. The van der Waals surface area contributed by atoms with Crippen LogP contribution in [0.3, 0.4) is 0 Å². The van der Waals surface area contributed by atoms with Crippen molar-refractivity contribution in [2.75, 3.05) is 18.0 Å². The highest BCUT2D eigenvalue weighted by atomic mass is 32.1. The minimum absolute atomic E-state index is 0.180. The Hall–Kier alpha value is -2.21. The number of nitrogens with zero attached hydrogens (tertiary/aromatic N) is 2. The highest BCUT2D eigenvalue weighted by Gasteiger charge is 2.21. The molecule has 1 aliphatic heterocycles. The third kappa shape index (κ3) is 4.14. The molecule has 6 heteroatoms. The van der Waals surface area contributed by atoms with Gasteiger partial charge in [0.2, 0.25) is 5.91 Å². The van der Waals surface area contributed by atoms with Gasteiger partial charge in [0.1, 0.15) is 0 Å². The zero-order valence-electron chi connectivity index (χ0n) is 12.6. The Morgan fingerprint density at radius 2 is 2.36 bits per heavy atom. The molecule has 0 unspecified atom stereocenters. The fourth-order valence-corrected chi connectivity index (χ4v) is 2.35. The summed E-state index contributed by atoms with van der Waals surface area (Å²) in [6.07, 6.45) is 3.27. The standard InChI is InChI=1S/C16H20N4OS/c1-3-9-17-16(22)19-18-12(2)13-6-4-7-14(11-13)20-10-5-8-15(20)21/h3-4,6-7,11H,1,5,8-10H2,2H3,(H2,17,19,22)/b18-12-. The van der Waals surface area contributed by atoms with Crippen LogP contribution in [0.1, 0.15) is 25.3 Å². The van der Waals surface area contributed by atoms with Gasteiger partial charge in [-0.25, -0.2) is 0 Å². The summed E-state index contributed by atoms with van der Waals surface area (Å²) in [6, 6.07) is 7.82. The molecule has 2 N–H and O–H groups in total. The molecule has 1 heterocycles. The lowest BCUT2D eigenvalue weighted by atomic mass is 10.1. The fourth-order valence-electron chi connectivity index (χ4n) is 2.22. The second-order valence-electron chi connectivity index (χ2n) is 5.01. The average Bonchev–Trinajstić information content (AvgIpc) is 2.96. The number of nitrogens with one attached hydrogen (secondary N) is 2. The molecule has 0 aliphatic carbocycles. The third-order valence-electron chi connectivity index (χ3n) is 3.38. The molecule has 1 fully saturated rings. The van der Waals surface area contributed by atoms with Crippen molar-refractivity contribution >= 4 is 34.6 Å². The van der Waals surface area contributed by atoms with Gasteiger partial charge in [-0.2, -0.15) is 5.10 Å². The topological polar surface area (TPSA) is 56.7 Å². The van der Waals surface area contributed by atoms with Crippen LogP contribution in [0.4, 0.5) is 5.69 Å². The number of hydrazone groups is 1. The first-order valence-corrected chi connectivity index (χ1v) is 7.62. The van der Waals surface area contributed by atoms with Crippen LogP contribution in [0.25, 0.3) is 0 Å². The Morgan fingerprint density at radius 1 is 1.55 bits per heavy atom. The molecule has 0 bridgehead atoms. The minimum atomic E-state index is 0.180. The van der Waals surface area contributed by atoms with Gasteiger partial charge >= 0.3 is 0 Å². The van der Waals surface area contributed by atoms with Crippen LogP contribution in [-0.4, -0.2) is 29.8 Å². The van der Waals surface area contributed by atoms with E-state index < -0.39 is 0 Å². The normalized spacial score (nSPS) is 14.9. The number of carbonyl (C=O) groups excluding carboxylic acids is 1. The Labute approximate surface area is 136 Å². The van der Waals surface area contributed by atoms with Gasteiger partial charge in [-0.1, -0.05) is 18.2 Å². The van der Waals surface area contributed by atoms with Gasteiger partial charge in [0.15, 0.2) is 5.11 Å². The van der Waals surface area contributed by atoms with Gasteiger partial charge < -0.3 is 10.2 Å². The summed E-state index contributed by atoms with van der Waals surface area (Å²) in [5, 5.41) is 7.65. The Kier molecular flexibility index (Phi) is 5.66. The van der Waals surface area contributed by atoms with Crippen molar-refractivity contribution in [2.24, 2.45) is 5.10 Å². The van der Waals surface area contributed by atoms with E-state index in [1.54, 1.807) is 6.08 Å². The molecule has 1 amide bonds.